The minimum absolute atomic E-state index is 0.126. The van der Waals surface area contributed by atoms with Gasteiger partial charge in [0.1, 0.15) is 6.54 Å². The van der Waals surface area contributed by atoms with Crippen molar-refractivity contribution in [3.63, 3.8) is 0 Å². The first kappa shape index (κ1) is 18.8. The number of piperazine rings is 1. The van der Waals surface area contributed by atoms with Crippen molar-refractivity contribution in [2.75, 3.05) is 32.7 Å². The molecule has 2 aromatic rings. The second-order valence-corrected chi connectivity index (χ2v) is 8.85. The lowest BCUT2D eigenvalue weighted by molar-refractivity contribution is -0.895. The predicted octanol–water partition coefficient (Wildman–Crippen LogP) is 0.414. The van der Waals surface area contributed by atoms with Crippen molar-refractivity contribution >= 4 is 15.8 Å². The maximum absolute atomic E-state index is 12.7. The lowest BCUT2D eigenvalue weighted by Gasteiger charge is -2.31. The molecule has 0 radical (unpaired) electrons. The second-order valence-electron chi connectivity index (χ2n) is 6.91. The minimum Gasteiger partial charge on any atom is -0.351 e. The van der Waals surface area contributed by atoms with Gasteiger partial charge in [0.15, 0.2) is 0 Å². The van der Waals surface area contributed by atoms with Gasteiger partial charge >= 0.3 is 0 Å². The van der Waals surface area contributed by atoms with Crippen molar-refractivity contribution in [2.24, 2.45) is 7.05 Å². The van der Waals surface area contributed by atoms with Crippen LogP contribution in [0.2, 0.25) is 0 Å². The summed E-state index contributed by atoms with van der Waals surface area (Å²) < 4.78 is 28.9. The number of aromatic nitrogens is 1. The molecule has 0 aliphatic carbocycles. The summed E-state index contributed by atoms with van der Waals surface area (Å²) in [6.45, 7) is 6.51. The quantitative estimate of drug-likeness (QED) is 0.769. The first-order chi connectivity index (χ1) is 12.3. The molecule has 2 heterocycles. The lowest BCUT2D eigenvalue weighted by atomic mass is 10.1. The SMILES string of the molecule is Cc1cc(C(=O)C[NH+]2CCN(S(=O)(=O)c3ccccc3)CC2)c(C)n1C. The molecule has 0 spiro atoms. The van der Waals surface area contributed by atoms with Crippen LogP contribution in [-0.4, -0.2) is 55.8 Å². The van der Waals surface area contributed by atoms with Gasteiger partial charge in [-0.15, -0.1) is 0 Å². The van der Waals surface area contributed by atoms with E-state index in [0.29, 0.717) is 37.6 Å². The first-order valence-corrected chi connectivity index (χ1v) is 10.3. The molecule has 0 amide bonds. The van der Waals surface area contributed by atoms with Crippen LogP contribution in [0.5, 0.6) is 0 Å². The third kappa shape index (κ3) is 3.60. The summed E-state index contributed by atoms with van der Waals surface area (Å²) in [6, 6.07) is 10.5. The number of rotatable bonds is 5. The van der Waals surface area contributed by atoms with Crippen LogP contribution in [0.25, 0.3) is 0 Å². The van der Waals surface area contributed by atoms with Gasteiger partial charge in [0.05, 0.1) is 31.1 Å². The number of hydrogen-bond acceptors (Lipinski definition) is 3. The van der Waals surface area contributed by atoms with Gasteiger partial charge in [-0.3, -0.25) is 4.79 Å². The summed E-state index contributed by atoms with van der Waals surface area (Å²) in [7, 11) is -1.48. The zero-order chi connectivity index (χ0) is 18.9. The molecular formula is C19H26N3O3S+. The zero-order valence-corrected chi connectivity index (χ0v) is 16.3. The van der Waals surface area contributed by atoms with E-state index in [0.717, 1.165) is 21.9 Å². The van der Waals surface area contributed by atoms with Gasteiger partial charge in [-0.1, -0.05) is 18.2 Å². The Labute approximate surface area is 155 Å². The van der Waals surface area contributed by atoms with E-state index in [9.17, 15) is 13.2 Å². The van der Waals surface area contributed by atoms with Crippen molar-refractivity contribution < 1.29 is 18.1 Å². The third-order valence-corrected chi connectivity index (χ3v) is 7.21. The van der Waals surface area contributed by atoms with Gasteiger partial charge < -0.3 is 9.47 Å². The fourth-order valence-corrected chi connectivity index (χ4v) is 4.88. The number of benzene rings is 1. The van der Waals surface area contributed by atoms with Gasteiger partial charge in [-0.25, -0.2) is 8.42 Å². The van der Waals surface area contributed by atoms with Crippen LogP contribution >= 0.6 is 0 Å². The Morgan fingerprint density at radius 3 is 2.27 bits per heavy atom. The van der Waals surface area contributed by atoms with E-state index in [1.807, 2.05) is 31.5 Å². The van der Waals surface area contributed by atoms with Gasteiger partial charge in [-0.05, 0) is 32.0 Å². The number of Topliss-reactive ketones (excluding diaryl/α,β-unsaturated/α-hetero) is 1. The third-order valence-electron chi connectivity index (χ3n) is 5.30. The molecule has 0 bridgehead atoms. The summed E-state index contributed by atoms with van der Waals surface area (Å²) in [5.41, 5.74) is 2.83. The van der Waals surface area contributed by atoms with Crippen LogP contribution in [0.4, 0.5) is 0 Å². The van der Waals surface area contributed by atoms with Crippen molar-refractivity contribution in [3.8, 4) is 0 Å². The molecule has 1 aliphatic heterocycles. The second kappa shape index (κ2) is 7.34. The Kier molecular flexibility index (Phi) is 5.32. The Bertz CT molecular complexity index is 896. The average molecular weight is 377 g/mol. The molecule has 140 valence electrons. The Morgan fingerprint density at radius 2 is 1.73 bits per heavy atom. The summed E-state index contributed by atoms with van der Waals surface area (Å²) in [6.07, 6.45) is 0. The molecule has 1 aromatic heterocycles. The van der Waals surface area contributed by atoms with Gasteiger partial charge in [0, 0.05) is 24.0 Å². The monoisotopic (exact) mass is 376 g/mol. The van der Waals surface area contributed by atoms with Crippen LogP contribution in [0.15, 0.2) is 41.3 Å². The number of ketones is 1. The van der Waals surface area contributed by atoms with Gasteiger partial charge in [0.25, 0.3) is 0 Å². The molecule has 1 aliphatic rings. The molecule has 0 atom stereocenters. The summed E-state index contributed by atoms with van der Waals surface area (Å²) >= 11 is 0. The number of quaternary nitrogens is 1. The lowest BCUT2D eigenvalue weighted by Crippen LogP contribution is -3.15. The number of carbonyl (C=O) groups is 1. The number of nitrogens with zero attached hydrogens (tertiary/aromatic N) is 2. The van der Waals surface area contributed by atoms with Gasteiger partial charge in [0.2, 0.25) is 15.8 Å². The summed E-state index contributed by atoms with van der Waals surface area (Å²) in [5.74, 6) is 0.126. The van der Waals surface area contributed by atoms with E-state index >= 15 is 0 Å². The molecule has 1 fully saturated rings. The summed E-state index contributed by atoms with van der Waals surface area (Å²) in [5, 5.41) is 0. The Hall–Kier alpha value is -1.96. The smallest absolute Gasteiger partial charge is 0.243 e. The largest absolute Gasteiger partial charge is 0.351 e. The number of nitrogens with one attached hydrogen (secondary N) is 1. The standard InChI is InChI=1S/C19H25N3O3S/c1-15-13-18(16(2)20(15)3)19(23)14-21-9-11-22(12-10-21)26(24,25)17-7-5-4-6-8-17/h4-8,13H,9-12,14H2,1-3H3/p+1. The molecule has 1 aromatic carbocycles. The van der Waals surface area contributed by atoms with E-state index in [1.54, 1.807) is 30.3 Å². The molecular weight excluding hydrogens is 350 g/mol. The molecule has 1 saturated heterocycles. The van der Waals surface area contributed by atoms with E-state index in [2.05, 4.69) is 0 Å². The molecule has 6 nitrogen and oxygen atoms in total. The topological polar surface area (TPSA) is 63.8 Å². The van der Waals surface area contributed by atoms with Crippen LogP contribution in [0, 0.1) is 13.8 Å². The highest BCUT2D eigenvalue weighted by Crippen LogP contribution is 2.15. The van der Waals surface area contributed by atoms with Crippen LogP contribution < -0.4 is 4.90 Å². The summed E-state index contributed by atoms with van der Waals surface area (Å²) in [4.78, 5) is 14.1. The number of aryl methyl sites for hydroxylation is 1. The highest BCUT2D eigenvalue weighted by molar-refractivity contribution is 7.89. The first-order valence-electron chi connectivity index (χ1n) is 8.85. The fraction of sp³-hybridized carbons (Fsp3) is 0.421. The van der Waals surface area contributed by atoms with Crippen molar-refractivity contribution in [1.29, 1.82) is 0 Å². The Morgan fingerprint density at radius 1 is 1.12 bits per heavy atom. The van der Waals surface area contributed by atoms with Crippen molar-refractivity contribution in [2.45, 2.75) is 18.7 Å². The number of sulfonamides is 1. The van der Waals surface area contributed by atoms with E-state index in [4.69, 9.17) is 0 Å². The maximum Gasteiger partial charge on any atom is 0.243 e. The number of carbonyl (C=O) groups excluding carboxylic acids is 1. The molecule has 7 heteroatoms. The highest BCUT2D eigenvalue weighted by Gasteiger charge is 2.31. The Balaban J connectivity index is 1.62. The minimum atomic E-state index is -3.44. The van der Waals surface area contributed by atoms with Crippen LogP contribution in [-0.2, 0) is 17.1 Å². The van der Waals surface area contributed by atoms with E-state index < -0.39 is 10.0 Å². The predicted molar refractivity (Wildman–Crippen MR) is 100.0 cm³/mol. The van der Waals surface area contributed by atoms with Crippen LogP contribution in [0.1, 0.15) is 21.7 Å². The molecule has 0 unspecified atom stereocenters. The molecule has 0 saturated carbocycles. The number of hydrogen-bond donors (Lipinski definition) is 1. The van der Waals surface area contributed by atoms with Gasteiger partial charge in [-0.2, -0.15) is 4.31 Å². The van der Waals surface area contributed by atoms with E-state index in [-0.39, 0.29) is 5.78 Å². The average Bonchev–Trinajstić information content (AvgIpc) is 2.90. The van der Waals surface area contributed by atoms with Crippen molar-refractivity contribution in [1.82, 2.24) is 8.87 Å². The molecule has 3 rings (SSSR count). The zero-order valence-electron chi connectivity index (χ0n) is 15.5. The maximum atomic E-state index is 12.7. The molecule has 26 heavy (non-hydrogen) atoms. The molecule has 1 N–H and O–H groups in total. The normalized spacial score (nSPS) is 16.7. The van der Waals surface area contributed by atoms with Crippen LogP contribution in [0.3, 0.4) is 0 Å². The van der Waals surface area contributed by atoms with Crippen molar-refractivity contribution in [3.05, 3.63) is 53.3 Å². The van der Waals surface area contributed by atoms with E-state index in [1.165, 1.54) is 4.31 Å². The fourth-order valence-electron chi connectivity index (χ4n) is 3.42. The highest BCUT2D eigenvalue weighted by atomic mass is 32.2.